The Morgan fingerprint density at radius 3 is 2.76 bits per heavy atom. The van der Waals surface area contributed by atoms with Crippen molar-refractivity contribution in [2.75, 3.05) is 11.1 Å². The van der Waals surface area contributed by atoms with E-state index < -0.39 is 22.6 Å². The number of allylic oxidation sites excluding steroid dienone is 9. The molecule has 0 radical (unpaired) electrons. The predicted octanol–water partition coefficient (Wildman–Crippen LogP) is 7.33. The number of aromatic nitrogens is 2. The standard InChI is InChI=1S/C26H26F3N3OS/c1-4-7-15-34-23-16-20(26(27,28)29)24-21(33)17-22(30-18(6-3)12-5-2)32(25(24)31-23)19-13-10-8-9-11-14-19/h5-6,8,10-14,16-17,30H,2-4,7,9,15H2,1H3/b18-12+. The lowest BCUT2D eigenvalue weighted by atomic mass is 10.1. The van der Waals surface area contributed by atoms with Crippen LogP contribution in [0.25, 0.3) is 16.7 Å². The van der Waals surface area contributed by atoms with E-state index in [-0.39, 0.29) is 16.5 Å². The summed E-state index contributed by atoms with van der Waals surface area (Å²) >= 11 is 1.25. The van der Waals surface area contributed by atoms with Crippen molar-refractivity contribution in [2.24, 2.45) is 0 Å². The first-order valence-corrected chi connectivity index (χ1v) is 11.9. The molecule has 0 fully saturated rings. The SMILES string of the molecule is C=C/C=C(\C=C)Nc1cc(=O)c2c(C(F)(F)F)cc(SCCCC)nc2n1C1=CC=CCC=C1. The van der Waals surface area contributed by atoms with Gasteiger partial charge in [-0.25, -0.2) is 4.98 Å². The molecule has 0 aliphatic heterocycles. The van der Waals surface area contributed by atoms with Crippen LogP contribution in [-0.4, -0.2) is 15.3 Å². The first kappa shape index (κ1) is 25.4. The van der Waals surface area contributed by atoms with Crippen LogP contribution in [0.1, 0.15) is 31.7 Å². The topological polar surface area (TPSA) is 46.9 Å². The number of thioether (sulfide) groups is 1. The zero-order chi connectivity index (χ0) is 24.7. The number of pyridine rings is 2. The van der Waals surface area contributed by atoms with Crippen LogP contribution < -0.4 is 10.7 Å². The average molecular weight is 486 g/mol. The molecule has 0 aromatic carbocycles. The highest BCUT2D eigenvalue weighted by molar-refractivity contribution is 7.99. The number of hydrogen-bond acceptors (Lipinski definition) is 4. The van der Waals surface area contributed by atoms with Crippen LogP contribution in [0.15, 0.2) is 89.4 Å². The van der Waals surface area contributed by atoms with E-state index in [0.29, 0.717) is 23.6 Å². The van der Waals surface area contributed by atoms with Gasteiger partial charge in [-0.1, -0.05) is 50.8 Å². The fourth-order valence-electron chi connectivity index (χ4n) is 3.41. The Labute approximate surface area is 201 Å². The molecule has 2 aromatic heterocycles. The Morgan fingerprint density at radius 1 is 1.29 bits per heavy atom. The number of nitrogens with zero attached hydrogens (tertiary/aromatic N) is 2. The zero-order valence-corrected chi connectivity index (χ0v) is 19.7. The van der Waals surface area contributed by atoms with E-state index in [0.717, 1.165) is 25.0 Å². The fourth-order valence-corrected chi connectivity index (χ4v) is 4.41. The molecule has 3 rings (SSSR count). The second-order valence-electron chi connectivity index (χ2n) is 7.48. The van der Waals surface area contributed by atoms with Crippen molar-refractivity contribution in [2.45, 2.75) is 37.4 Å². The lowest BCUT2D eigenvalue weighted by molar-refractivity contribution is -0.136. The van der Waals surface area contributed by atoms with Crippen LogP contribution in [0.2, 0.25) is 0 Å². The van der Waals surface area contributed by atoms with Crippen LogP contribution in [-0.2, 0) is 6.18 Å². The van der Waals surface area contributed by atoms with E-state index >= 15 is 0 Å². The number of rotatable bonds is 9. The molecule has 0 saturated carbocycles. The van der Waals surface area contributed by atoms with Gasteiger partial charge in [0.15, 0.2) is 11.1 Å². The largest absolute Gasteiger partial charge is 0.417 e. The maximum Gasteiger partial charge on any atom is 0.417 e. The van der Waals surface area contributed by atoms with Gasteiger partial charge in [0.1, 0.15) is 5.82 Å². The maximum absolute atomic E-state index is 14.1. The number of anilines is 1. The molecule has 4 nitrogen and oxygen atoms in total. The molecule has 2 heterocycles. The third-order valence-corrected chi connectivity index (χ3v) is 6.01. The van der Waals surface area contributed by atoms with Gasteiger partial charge in [-0.15, -0.1) is 11.8 Å². The molecule has 0 amide bonds. The summed E-state index contributed by atoms with van der Waals surface area (Å²) < 4.78 is 43.8. The molecular formula is C26H26F3N3OS. The number of halogens is 3. The highest BCUT2D eigenvalue weighted by Crippen LogP contribution is 2.37. The molecule has 0 atom stereocenters. The second-order valence-corrected chi connectivity index (χ2v) is 8.60. The van der Waals surface area contributed by atoms with Crippen molar-refractivity contribution in [3.8, 4) is 0 Å². The first-order chi connectivity index (χ1) is 16.3. The minimum Gasteiger partial charge on any atom is -0.341 e. The number of unbranched alkanes of at least 4 members (excludes halogenated alkanes) is 1. The Morgan fingerprint density at radius 2 is 2.09 bits per heavy atom. The normalized spacial score (nSPS) is 14.1. The van der Waals surface area contributed by atoms with Gasteiger partial charge < -0.3 is 5.32 Å². The molecule has 2 aromatic rings. The van der Waals surface area contributed by atoms with E-state index in [1.165, 1.54) is 17.8 Å². The number of hydrogen-bond donors (Lipinski definition) is 1. The Hall–Kier alpha value is -3.26. The summed E-state index contributed by atoms with van der Waals surface area (Å²) in [6.45, 7) is 9.42. The maximum atomic E-state index is 14.1. The van der Waals surface area contributed by atoms with Crippen molar-refractivity contribution >= 4 is 34.3 Å². The minimum atomic E-state index is -4.71. The number of nitrogens with one attached hydrogen (secondary N) is 1. The van der Waals surface area contributed by atoms with E-state index in [2.05, 4.69) is 23.5 Å². The van der Waals surface area contributed by atoms with Crippen molar-refractivity contribution in [1.82, 2.24) is 9.55 Å². The molecule has 0 bridgehead atoms. The monoisotopic (exact) mass is 485 g/mol. The molecule has 1 aliphatic carbocycles. The molecular weight excluding hydrogens is 459 g/mol. The number of alkyl halides is 3. The van der Waals surface area contributed by atoms with Crippen LogP contribution in [0, 0.1) is 0 Å². The van der Waals surface area contributed by atoms with Crippen molar-refractivity contribution < 1.29 is 13.2 Å². The third-order valence-electron chi connectivity index (χ3n) is 5.01. The molecule has 34 heavy (non-hydrogen) atoms. The smallest absolute Gasteiger partial charge is 0.341 e. The summed E-state index contributed by atoms with van der Waals surface area (Å²) in [6.07, 6.45) is 11.6. The molecule has 1 N–H and O–H groups in total. The van der Waals surface area contributed by atoms with Gasteiger partial charge in [0, 0.05) is 17.5 Å². The van der Waals surface area contributed by atoms with Crippen LogP contribution in [0.5, 0.6) is 0 Å². The van der Waals surface area contributed by atoms with Crippen molar-refractivity contribution in [3.05, 3.63) is 95.4 Å². The molecule has 0 saturated heterocycles. The lowest BCUT2D eigenvalue weighted by Gasteiger charge is -2.21. The van der Waals surface area contributed by atoms with Crippen molar-refractivity contribution in [1.29, 1.82) is 0 Å². The Balaban J connectivity index is 2.41. The van der Waals surface area contributed by atoms with E-state index in [4.69, 9.17) is 0 Å². The van der Waals surface area contributed by atoms with Gasteiger partial charge >= 0.3 is 6.18 Å². The van der Waals surface area contributed by atoms with Crippen LogP contribution >= 0.6 is 11.8 Å². The summed E-state index contributed by atoms with van der Waals surface area (Å²) in [5.41, 5.74) is -0.715. The molecule has 8 heteroatoms. The van der Waals surface area contributed by atoms with Crippen molar-refractivity contribution in [3.63, 3.8) is 0 Å². The summed E-state index contributed by atoms with van der Waals surface area (Å²) in [7, 11) is 0. The molecule has 0 spiro atoms. The fraction of sp³-hybridized carbons (Fsp3) is 0.231. The highest BCUT2D eigenvalue weighted by Gasteiger charge is 2.35. The predicted molar refractivity (Wildman–Crippen MR) is 136 cm³/mol. The van der Waals surface area contributed by atoms with Gasteiger partial charge in [-0.3, -0.25) is 9.36 Å². The van der Waals surface area contributed by atoms with Gasteiger partial charge in [0.05, 0.1) is 16.0 Å². The van der Waals surface area contributed by atoms with Gasteiger partial charge in [-0.05, 0) is 49.0 Å². The van der Waals surface area contributed by atoms with Crippen LogP contribution in [0.4, 0.5) is 19.0 Å². The first-order valence-electron chi connectivity index (χ1n) is 10.9. The highest BCUT2D eigenvalue weighted by atomic mass is 32.2. The van der Waals surface area contributed by atoms with Crippen LogP contribution in [0.3, 0.4) is 0 Å². The summed E-state index contributed by atoms with van der Waals surface area (Å²) in [4.78, 5) is 17.6. The summed E-state index contributed by atoms with van der Waals surface area (Å²) in [5, 5.41) is 2.84. The summed E-state index contributed by atoms with van der Waals surface area (Å²) in [6, 6.07) is 2.14. The zero-order valence-electron chi connectivity index (χ0n) is 18.9. The van der Waals surface area contributed by atoms with Gasteiger partial charge in [-0.2, -0.15) is 13.2 Å². The Kier molecular flexibility index (Phi) is 8.39. The van der Waals surface area contributed by atoms with E-state index in [9.17, 15) is 18.0 Å². The quantitative estimate of drug-likeness (QED) is 0.229. The average Bonchev–Trinajstić information content (AvgIpc) is 3.07. The minimum absolute atomic E-state index is 0.0583. The van der Waals surface area contributed by atoms with E-state index in [1.807, 2.05) is 25.2 Å². The Bertz CT molecular complexity index is 1270. The second kappa shape index (κ2) is 11.2. The lowest BCUT2D eigenvalue weighted by Crippen LogP contribution is -2.19. The molecule has 1 aliphatic rings. The molecule has 0 unspecified atom stereocenters. The van der Waals surface area contributed by atoms with E-state index in [1.54, 1.807) is 28.9 Å². The van der Waals surface area contributed by atoms with Gasteiger partial charge in [0.25, 0.3) is 0 Å². The number of fused-ring (bicyclic) bond motifs is 1. The molecule has 178 valence electrons. The third kappa shape index (κ3) is 5.80. The van der Waals surface area contributed by atoms with Gasteiger partial charge in [0.2, 0.25) is 0 Å². The summed E-state index contributed by atoms with van der Waals surface area (Å²) in [5.74, 6) is 0.899.